The summed E-state index contributed by atoms with van der Waals surface area (Å²) in [6, 6.07) is -0.178. The largest absolute Gasteiger partial charge is 0.337 e. The van der Waals surface area contributed by atoms with Crippen molar-refractivity contribution in [3.05, 3.63) is 36.0 Å². The molecule has 0 saturated carbocycles. The lowest BCUT2D eigenvalue weighted by Gasteiger charge is -2.33. The van der Waals surface area contributed by atoms with Crippen molar-refractivity contribution in [1.82, 2.24) is 25.0 Å². The van der Waals surface area contributed by atoms with Crippen LogP contribution in [0, 0.1) is 0 Å². The Bertz CT molecular complexity index is 640. The van der Waals surface area contributed by atoms with Gasteiger partial charge in [-0.25, -0.2) is 4.98 Å². The van der Waals surface area contributed by atoms with Crippen LogP contribution in [-0.4, -0.2) is 37.5 Å². The van der Waals surface area contributed by atoms with Crippen LogP contribution in [-0.2, 0) is 0 Å². The van der Waals surface area contributed by atoms with E-state index >= 15 is 0 Å². The second kappa shape index (κ2) is 6.21. The number of carbonyl (C=O) groups excluding carboxylic acids is 1. The van der Waals surface area contributed by atoms with Crippen molar-refractivity contribution in [2.24, 2.45) is 0 Å². The molecule has 1 aliphatic rings. The molecule has 7 heteroatoms. The van der Waals surface area contributed by atoms with Crippen LogP contribution in [0.4, 0.5) is 0 Å². The van der Waals surface area contributed by atoms with Gasteiger partial charge in [-0.2, -0.15) is 4.98 Å². The van der Waals surface area contributed by atoms with Gasteiger partial charge in [0.15, 0.2) is 5.82 Å². The van der Waals surface area contributed by atoms with Gasteiger partial charge in [-0.1, -0.05) is 19.0 Å². The molecule has 1 amide bonds. The van der Waals surface area contributed by atoms with E-state index in [2.05, 4.69) is 20.1 Å². The highest BCUT2D eigenvalue weighted by Gasteiger charge is 2.33. The van der Waals surface area contributed by atoms with E-state index in [0.717, 1.165) is 19.3 Å². The van der Waals surface area contributed by atoms with Gasteiger partial charge >= 0.3 is 0 Å². The standard InChI is InChI=1S/C15H19N5O2/c1-10(2)13-18-14(22-19-13)12-5-3-4-8-20(12)15(21)11-9-16-6-7-17-11/h6-7,9-10,12H,3-5,8H2,1-2H3/t12-/m1/s1. The number of hydrogen-bond acceptors (Lipinski definition) is 6. The molecular weight excluding hydrogens is 282 g/mol. The van der Waals surface area contributed by atoms with Crippen LogP contribution in [0.2, 0.25) is 0 Å². The van der Waals surface area contributed by atoms with Crippen LogP contribution in [0.5, 0.6) is 0 Å². The maximum atomic E-state index is 12.7. The molecule has 0 unspecified atom stereocenters. The Labute approximate surface area is 128 Å². The lowest BCUT2D eigenvalue weighted by atomic mass is 10.0. The first-order valence-electron chi connectivity index (χ1n) is 7.57. The molecule has 22 heavy (non-hydrogen) atoms. The van der Waals surface area contributed by atoms with E-state index in [1.54, 1.807) is 11.1 Å². The summed E-state index contributed by atoms with van der Waals surface area (Å²) in [7, 11) is 0. The average Bonchev–Trinajstić information content (AvgIpc) is 3.05. The summed E-state index contributed by atoms with van der Waals surface area (Å²) in [4.78, 5) is 26.9. The highest BCUT2D eigenvalue weighted by molar-refractivity contribution is 5.92. The SMILES string of the molecule is CC(C)c1noc([C@H]2CCCCN2C(=O)c2cnccn2)n1. The number of carbonyl (C=O) groups is 1. The molecule has 0 aliphatic carbocycles. The van der Waals surface area contributed by atoms with Crippen molar-refractivity contribution in [3.8, 4) is 0 Å². The molecule has 2 aromatic heterocycles. The number of amides is 1. The molecule has 0 spiro atoms. The van der Waals surface area contributed by atoms with Gasteiger partial charge in [-0.3, -0.25) is 9.78 Å². The Kier molecular flexibility index (Phi) is 4.13. The summed E-state index contributed by atoms with van der Waals surface area (Å²) in [5.74, 6) is 1.25. The summed E-state index contributed by atoms with van der Waals surface area (Å²) in [6.07, 6.45) is 7.39. The molecule has 0 aromatic carbocycles. The summed E-state index contributed by atoms with van der Waals surface area (Å²) >= 11 is 0. The van der Waals surface area contributed by atoms with E-state index < -0.39 is 0 Å². The van der Waals surface area contributed by atoms with Crippen molar-refractivity contribution in [2.45, 2.75) is 45.1 Å². The van der Waals surface area contributed by atoms with Crippen molar-refractivity contribution in [3.63, 3.8) is 0 Å². The monoisotopic (exact) mass is 301 g/mol. The highest BCUT2D eigenvalue weighted by atomic mass is 16.5. The first-order chi connectivity index (χ1) is 10.7. The zero-order valence-corrected chi connectivity index (χ0v) is 12.8. The number of aromatic nitrogens is 4. The Hall–Kier alpha value is -2.31. The Morgan fingerprint density at radius 1 is 1.36 bits per heavy atom. The molecule has 1 fully saturated rings. The predicted octanol–water partition coefficient (Wildman–Crippen LogP) is 2.35. The van der Waals surface area contributed by atoms with Gasteiger partial charge in [0.1, 0.15) is 11.7 Å². The molecule has 1 saturated heterocycles. The maximum Gasteiger partial charge on any atom is 0.274 e. The third-order valence-electron chi connectivity index (χ3n) is 3.80. The van der Waals surface area contributed by atoms with Crippen molar-refractivity contribution >= 4 is 5.91 Å². The first kappa shape index (κ1) is 14.6. The number of hydrogen-bond donors (Lipinski definition) is 0. The van der Waals surface area contributed by atoms with Crippen LogP contribution >= 0.6 is 0 Å². The third kappa shape index (κ3) is 2.84. The molecule has 7 nitrogen and oxygen atoms in total. The van der Waals surface area contributed by atoms with Crippen molar-refractivity contribution in [1.29, 1.82) is 0 Å². The molecule has 3 rings (SSSR count). The zero-order chi connectivity index (χ0) is 15.5. The normalized spacial score (nSPS) is 18.7. The number of rotatable bonds is 3. The van der Waals surface area contributed by atoms with E-state index in [0.29, 0.717) is 24.0 Å². The lowest BCUT2D eigenvalue weighted by molar-refractivity contribution is 0.0555. The predicted molar refractivity (Wildman–Crippen MR) is 78.0 cm³/mol. The first-order valence-corrected chi connectivity index (χ1v) is 7.57. The maximum absolute atomic E-state index is 12.7. The van der Waals surface area contributed by atoms with Gasteiger partial charge in [-0.15, -0.1) is 0 Å². The zero-order valence-electron chi connectivity index (χ0n) is 12.8. The minimum atomic E-state index is -0.178. The van der Waals surface area contributed by atoms with Crippen molar-refractivity contribution < 1.29 is 9.32 Å². The fraction of sp³-hybridized carbons (Fsp3) is 0.533. The summed E-state index contributed by atoms with van der Waals surface area (Å²) < 4.78 is 5.39. The molecule has 1 atom stereocenters. The molecule has 2 aromatic rings. The smallest absolute Gasteiger partial charge is 0.274 e. The molecule has 3 heterocycles. The molecule has 1 aliphatic heterocycles. The Morgan fingerprint density at radius 2 is 2.23 bits per heavy atom. The van der Waals surface area contributed by atoms with Gasteiger partial charge in [0, 0.05) is 24.9 Å². The summed E-state index contributed by atoms with van der Waals surface area (Å²) in [6.45, 7) is 4.69. The van der Waals surface area contributed by atoms with E-state index in [1.807, 2.05) is 13.8 Å². The van der Waals surface area contributed by atoms with Gasteiger partial charge < -0.3 is 9.42 Å². The number of likely N-dealkylation sites (tertiary alicyclic amines) is 1. The van der Waals surface area contributed by atoms with Gasteiger partial charge in [-0.05, 0) is 19.3 Å². The molecule has 0 N–H and O–H groups in total. The quantitative estimate of drug-likeness (QED) is 0.865. The van der Waals surface area contributed by atoms with Crippen LogP contribution in [0.25, 0.3) is 0 Å². The number of nitrogens with zero attached hydrogens (tertiary/aromatic N) is 5. The van der Waals surface area contributed by atoms with Gasteiger partial charge in [0.25, 0.3) is 5.91 Å². The summed E-state index contributed by atoms with van der Waals surface area (Å²) in [5, 5.41) is 4.01. The molecule has 116 valence electrons. The third-order valence-corrected chi connectivity index (χ3v) is 3.80. The van der Waals surface area contributed by atoms with E-state index in [4.69, 9.17) is 4.52 Å². The van der Waals surface area contributed by atoms with E-state index in [9.17, 15) is 4.79 Å². The fourth-order valence-electron chi connectivity index (χ4n) is 2.61. The fourth-order valence-corrected chi connectivity index (χ4v) is 2.61. The van der Waals surface area contributed by atoms with Crippen LogP contribution in [0.1, 0.15) is 67.3 Å². The minimum Gasteiger partial charge on any atom is -0.337 e. The second-order valence-electron chi connectivity index (χ2n) is 5.75. The van der Waals surface area contributed by atoms with E-state index in [1.165, 1.54) is 12.4 Å². The topological polar surface area (TPSA) is 85.0 Å². The van der Waals surface area contributed by atoms with Gasteiger partial charge in [0.05, 0.1) is 6.20 Å². The molecular formula is C15H19N5O2. The number of piperidine rings is 1. The summed E-state index contributed by atoms with van der Waals surface area (Å²) in [5.41, 5.74) is 0.345. The Morgan fingerprint density at radius 3 is 2.91 bits per heavy atom. The highest BCUT2D eigenvalue weighted by Crippen LogP contribution is 2.31. The van der Waals surface area contributed by atoms with Crippen LogP contribution in [0.3, 0.4) is 0 Å². The average molecular weight is 301 g/mol. The minimum absolute atomic E-state index is 0.137. The molecule has 0 bridgehead atoms. The van der Waals surface area contributed by atoms with E-state index in [-0.39, 0.29) is 17.9 Å². The second-order valence-corrected chi connectivity index (χ2v) is 5.75. The van der Waals surface area contributed by atoms with Gasteiger partial charge in [0.2, 0.25) is 5.89 Å². The van der Waals surface area contributed by atoms with Crippen LogP contribution < -0.4 is 0 Å². The lowest BCUT2D eigenvalue weighted by Crippen LogP contribution is -2.39. The molecule has 0 radical (unpaired) electrons. The Balaban J connectivity index is 1.86. The van der Waals surface area contributed by atoms with Crippen LogP contribution in [0.15, 0.2) is 23.1 Å². The van der Waals surface area contributed by atoms with Crippen molar-refractivity contribution in [2.75, 3.05) is 6.54 Å².